The molecule has 6 heteroatoms. The van der Waals surface area contributed by atoms with Crippen molar-refractivity contribution in [3.8, 4) is 11.5 Å². The Kier molecular flexibility index (Phi) is 4.36. The van der Waals surface area contributed by atoms with E-state index in [1.807, 2.05) is 35.7 Å². The fourth-order valence-corrected chi connectivity index (χ4v) is 4.15. The molecule has 0 amide bonds. The average molecular weight is 354 g/mol. The molecule has 2 heterocycles. The molecule has 0 fully saturated rings. The van der Waals surface area contributed by atoms with Gasteiger partial charge in [-0.3, -0.25) is 0 Å². The number of aromatic nitrogens is 2. The van der Waals surface area contributed by atoms with Crippen molar-refractivity contribution >= 4 is 17.3 Å². The fraction of sp³-hybridized carbons (Fsp3) is 0.316. The number of thiophene rings is 1. The maximum absolute atomic E-state index is 12.5. The second kappa shape index (κ2) is 6.80. The first-order valence-corrected chi connectivity index (χ1v) is 9.29. The van der Waals surface area contributed by atoms with Gasteiger partial charge >= 0.3 is 5.97 Å². The van der Waals surface area contributed by atoms with Crippen molar-refractivity contribution in [2.45, 2.75) is 38.7 Å². The molecule has 0 saturated heterocycles. The van der Waals surface area contributed by atoms with E-state index in [1.54, 1.807) is 18.3 Å². The van der Waals surface area contributed by atoms with Gasteiger partial charge in [0.25, 0.3) is 5.89 Å². The van der Waals surface area contributed by atoms with Gasteiger partial charge in [-0.15, -0.1) is 21.5 Å². The summed E-state index contributed by atoms with van der Waals surface area (Å²) in [6.07, 6.45) is 3.76. The summed E-state index contributed by atoms with van der Waals surface area (Å²) in [5, 5.41) is 9.98. The van der Waals surface area contributed by atoms with Crippen LogP contribution in [0, 0.1) is 0 Å². The van der Waals surface area contributed by atoms with E-state index in [1.165, 1.54) is 11.3 Å². The van der Waals surface area contributed by atoms with E-state index in [0.717, 1.165) is 30.4 Å². The summed E-state index contributed by atoms with van der Waals surface area (Å²) in [5.41, 5.74) is 2.69. The molecule has 0 unspecified atom stereocenters. The van der Waals surface area contributed by atoms with E-state index in [2.05, 4.69) is 10.2 Å². The van der Waals surface area contributed by atoms with E-state index in [4.69, 9.17) is 9.15 Å². The van der Waals surface area contributed by atoms with Crippen LogP contribution in [-0.4, -0.2) is 16.2 Å². The molecule has 0 N–H and O–H groups in total. The topological polar surface area (TPSA) is 65.2 Å². The first-order valence-electron chi connectivity index (χ1n) is 8.41. The highest BCUT2D eigenvalue weighted by Gasteiger charge is 2.25. The third-order valence-corrected chi connectivity index (χ3v) is 5.46. The van der Waals surface area contributed by atoms with Crippen molar-refractivity contribution in [1.82, 2.24) is 10.2 Å². The third kappa shape index (κ3) is 3.22. The Balaban J connectivity index is 1.49. The molecule has 0 radical (unpaired) electrons. The minimum atomic E-state index is -0.586. The number of esters is 1. The number of ether oxygens (including phenoxy) is 1. The second-order valence-corrected chi connectivity index (χ2v) is 7.08. The van der Waals surface area contributed by atoms with Crippen LogP contribution in [-0.2, 0) is 17.6 Å². The average Bonchev–Trinajstić information content (AvgIpc) is 3.30. The van der Waals surface area contributed by atoms with Gasteiger partial charge in [0.2, 0.25) is 5.89 Å². The lowest BCUT2D eigenvalue weighted by atomic mass is 9.96. The fourth-order valence-electron chi connectivity index (χ4n) is 3.04. The summed E-state index contributed by atoms with van der Waals surface area (Å²) in [6.45, 7) is 1.75. The first-order chi connectivity index (χ1) is 12.2. The normalized spacial score (nSPS) is 14.8. The Hall–Kier alpha value is -2.47. The SMILES string of the molecule is C[C@@H](OC(=O)c1csc2c1CCCC2)c1nnc(-c2ccccc2)o1. The minimum absolute atomic E-state index is 0.302. The number of carbonyl (C=O) groups is 1. The van der Waals surface area contributed by atoms with E-state index in [9.17, 15) is 4.79 Å². The van der Waals surface area contributed by atoms with E-state index in [0.29, 0.717) is 17.3 Å². The number of nitrogens with zero attached hydrogens (tertiary/aromatic N) is 2. The van der Waals surface area contributed by atoms with Crippen LogP contribution in [0.2, 0.25) is 0 Å². The molecule has 3 aromatic rings. The van der Waals surface area contributed by atoms with E-state index < -0.39 is 6.10 Å². The molecule has 128 valence electrons. The van der Waals surface area contributed by atoms with Crippen LogP contribution in [0.15, 0.2) is 40.1 Å². The third-order valence-electron chi connectivity index (χ3n) is 4.37. The largest absolute Gasteiger partial charge is 0.449 e. The van der Waals surface area contributed by atoms with Crippen molar-refractivity contribution in [3.05, 3.63) is 57.6 Å². The van der Waals surface area contributed by atoms with E-state index in [-0.39, 0.29) is 5.97 Å². The van der Waals surface area contributed by atoms with Gasteiger partial charge in [0.1, 0.15) is 0 Å². The standard InChI is InChI=1S/C19H18N2O3S/c1-12(17-20-21-18(24-17)13-7-3-2-4-8-13)23-19(22)15-11-25-16-10-6-5-9-14(15)16/h2-4,7-8,11-12H,5-6,9-10H2,1H3/t12-/m1/s1. The summed E-state index contributed by atoms with van der Waals surface area (Å²) >= 11 is 1.65. The lowest BCUT2D eigenvalue weighted by Gasteiger charge is -2.13. The number of rotatable bonds is 4. The van der Waals surface area contributed by atoms with Crippen LogP contribution >= 0.6 is 11.3 Å². The number of hydrogen-bond donors (Lipinski definition) is 0. The lowest BCUT2D eigenvalue weighted by molar-refractivity contribution is 0.0279. The van der Waals surface area contributed by atoms with Crippen LogP contribution < -0.4 is 0 Å². The molecule has 0 spiro atoms. The predicted octanol–water partition coefficient (Wildman–Crippen LogP) is 4.59. The van der Waals surface area contributed by atoms with Crippen molar-refractivity contribution in [2.75, 3.05) is 0 Å². The van der Waals surface area contributed by atoms with Gasteiger partial charge in [0, 0.05) is 15.8 Å². The molecule has 1 aromatic carbocycles. The second-order valence-electron chi connectivity index (χ2n) is 6.12. The number of aryl methyl sites for hydroxylation is 1. The van der Waals surface area contributed by atoms with Gasteiger partial charge in [-0.25, -0.2) is 4.79 Å². The molecule has 4 rings (SSSR count). The van der Waals surface area contributed by atoms with Crippen molar-refractivity contribution in [3.63, 3.8) is 0 Å². The van der Waals surface area contributed by atoms with Crippen molar-refractivity contribution < 1.29 is 13.9 Å². The minimum Gasteiger partial charge on any atom is -0.449 e. The smallest absolute Gasteiger partial charge is 0.340 e. The van der Waals surface area contributed by atoms with Gasteiger partial charge in [-0.2, -0.15) is 0 Å². The molecular weight excluding hydrogens is 336 g/mol. The van der Waals surface area contributed by atoms with E-state index >= 15 is 0 Å². The Morgan fingerprint density at radius 2 is 2.00 bits per heavy atom. The highest BCUT2D eigenvalue weighted by atomic mass is 32.1. The molecule has 1 aliphatic rings. The molecule has 0 aliphatic heterocycles. The molecule has 1 atom stereocenters. The van der Waals surface area contributed by atoms with Crippen LogP contribution in [0.1, 0.15) is 52.6 Å². The highest BCUT2D eigenvalue weighted by molar-refractivity contribution is 7.10. The number of hydrogen-bond acceptors (Lipinski definition) is 6. The monoisotopic (exact) mass is 354 g/mol. The summed E-state index contributed by atoms with van der Waals surface area (Å²) in [5.74, 6) is 0.411. The summed E-state index contributed by atoms with van der Waals surface area (Å²) in [7, 11) is 0. The van der Waals surface area contributed by atoms with Crippen LogP contribution in [0.4, 0.5) is 0 Å². The summed E-state index contributed by atoms with van der Waals surface area (Å²) in [6, 6.07) is 9.52. The highest BCUT2D eigenvalue weighted by Crippen LogP contribution is 2.31. The van der Waals surface area contributed by atoms with Crippen LogP contribution in [0.3, 0.4) is 0 Å². The lowest BCUT2D eigenvalue weighted by Crippen LogP contribution is -2.12. The predicted molar refractivity (Wildman–Crippen MR) is 94.5 cm³/mol. The molecule has 0 bridgehead atoms. The van der Waals surface area contributed by atoms with Gasteiger partial charge < -0.3 is 9.15 Å². The zero-order chi connectivity index (χ0) is 17.2. The number of carbonyl (C=O) groups excluding carboxylic acids is 1. The van der Waals surface area contributed by atoms with Crippen LogP contribution in [0.5, 0.6) is 0 Å². The Morgan fingerprint density at radius 1 is 1.20 bits per heavy atom. The number of benzene rings is 1. The molecule has 1 aliphatic carbocycles. The molecule has 2 aromatic heterocycles. The summed E-state index contributed by atoms with van der Waals surface area (Å²) < 4.78 is 11.2. The molecule has 25 heavy (non-hydrogen) atoms. The van der Waals surface area contributed by atoms with Gasteiger partial charge in [0.15, 0.2) is 6.10 Å². The van der Waals surface area contributed by atoms with Gasteiger partial charge in [-0.1, -0.05) is 18.2 Å². The van der Waals surface area contributed by atoms with Gasteiger partial charge in [-0.05, 0) is 50.3 Å². The zero-order valence-electron chi connectivity index (χ0n) is 13.9. The molecule has 0 saturated carbocycles. The quantitative estimate of drug-likeness (QED) is 0.641. The Labute approximate surface area is 149 Å². The maximum atomic E-state index is 12.5. The molecular formula is C19H18N2O3S. The maximum Gasteiger partial charge on any atom is 0.340 e. The zero-order valence-corrected chi connectivity index (χ0v) is 14.7. The Morgan fingerprint density at radius 3 is 2.84 bits per heavy atom. The Bertz CT molecular complexity index is 885. The van der Waals surface area contributed by atoms with Crippen LogP contribution in [0.25, 0.3) is 11.5 Å². The van der Waals surface area contributed by atoms with Crippen molar-refractivity contribution in [2.24, 2.45) is 0 Å². The first kappa shape index (κ1) is 16.0. The summed E-state index contributed by atoms with van der Waals surface area (Å²) in [4.78, 5) is 13.8. The molecule has 5 nitrogen and oxygen atoms in total. The van der Waals surface area contributed by atoms with Gasteiger partial charge in [0.05, 0.1) is 5.56 Å². The number of fused-ring (bicyclic) bond motifs is 1. The van der Waals surface area contributed by atoms with Crippen molar-refractivity contribution in [1.29, 1.82) is 0 Å².